The minimum Gasteiger partial charge on any atom is -0.368 e. The summed E-state index contributed by atoms with van der Waals surface area (Å²) < 4.78 is 41.7. The maximum atomic E-state index is 13.6. The highest BCUT2D eigenvalue weighted by Crippen LogP contribution is 2.32. The largest absolute Gasteiger partial charge is 0.416 e. The van der Waals surface area contributed by atoms with Crippen LogP contribution in [0.2, 0.25) is 0 Å². The van der Waals surface area contributed by atoms with Gasteiger partial charge in [-0.15, -0.1) is 0 Å². The van der Waals surface area contributed by atoms with Crippen LogP contribution in [0.5, 0.6) is 0 Å². The minimum absolute atomic E-state index is 0.106. The number of rotatable bonds is 6. The molecule has 1 fully saturated rings. The van der Waals surface area contributed by atoms with E-state index in [-0.39, 0.29) is 17.2 Å². The van der Waals surface area contributed by atoms with Crippen LogP contribution in [-0.4, -0.2) is 65.4 Å². The molecule has 1 aliphatic rings. The Morgan fingerprint density at radius 3 is 2.49 bits per heavy atom. The Kier molecular flexibility index (Phi) is 9.42. The highest BCUT2D eigenvalue weighted by Gasteiger charge is 2.31. The predicted octanol–water partition coefficient (Wildman–Crippen LogP) is 4.51. The molecule has 0 unspecified atom stereocenters. The number of anilines is 2. The quantitative estimate of drug-likeness (QED) is 0.302. The molecule has 0 bridgehead atoms. The van der Waals surface area contributed by atoms with E-state index in [0.717, 1.165) is 48.8 Å². The number of likely N-dealkylation sites (N-methyl/N-ethyl adjacent to an activating group) is 1. The van der Waals surface area contributed by atoms with Gasteiger partial charge in [-0.1, -0.05) is 11.8 Å². The van der Waals surface area contributed by atoms with Crippen LogP contribution >= 0.6 is 22.6 Å². The van der Waals surface area contributed by atoms with Crippen LogP contribution in [0.15, 0.2) is 48.8 Å². The molecule has 0 aliphatic carbocycles. The summed E-state index contributed by atoms with van der Waals surface area (Å²) in [7, 11) is 2.08. The third-order valence-electron chi connectivity index (χ3n) is 6.36. The van der Waals surface area contributed by atoms with Gasteiger partial charge >= 0.3 is 6.18 Å². The van der Waals surface area contributed by atoms with Gasteiger partial charge in [-0.25, -0.2) is 9.97 Å². The van der Waals surface area contributed by atoms with Crippen LogP contribution in [-0.2, 0) is 12.6 Å². The summed E-state index contributed by atoms with van der Waals surface area (Å²) >= 11 is 2.10. The monoisotopic (exact) mass is 648 g/mol. The summed E-state index contributed by atoms with van der Waals surface area (Å²) in [5.74, 6) is 5.53. The summed E-state index contributed by atoms with van der Waals surface area (Å²) in [5.41, 5.74) is 6.78. The van der Waals surface area contributed by atoms with Gasteiger partial charge < -0.3 is 20.9 Å². The SMILES string of the molecule is CN1CCN(CCCc2cc(NC(=O)c3ccc(I)c(C#Cc4cnc(N)nc4)c3)cc(C(F)(F)F)c2)CC1. The molecule has 204 valence electrons. The molecule has 11 heteroatoms. The lowest BCUT2D eigenvalue weighted by Gasteiger charge is -2.32. The number of alkyl halides is 3. The van der Waals surface area contributed by atoms with E-state index in [1.807, 2.05) is 0 Å². The molecule has 7 nitrogen and oxygen atoms in total. The Labute approximate surface area is 239 Å². The van der Waals surface area contributed by atoms with Gasteiger partial charge in [0.05, 0.1) is 11.1 Å². The number of halogens is 4. The first-order valence-corrected chi connectivity index (χ1v) is 13.5. The van der Waals surface area contributed by atoms with E-state index in [2.05, 4.69) is 66.6 Å². The number of nitrogens with zero attached hydrogens (tertiary/aromatic N) is 4. The summed E-state index contributed by atoms with van der Waals surface area (Å²) in [6.07, 6.45) is -0.317. The fourth-order valence-electron chi connectivity index (χ4n) is 4.16. The lowest BCUT2D eigenvalue weighted by atomic mass is 10.0. The summed E-state index contributed by atoms with van der Waals surface area (Å²) in [6, 6.07) is 8.70. The molecule has 0 spiro atoms. The highest BCUT2D eigenvalue weighted by molar-refractivity contribution is 14.1. The molecule has 0 saturated carbocycles. The first kappa shape index (κ1) is 28.8. The predicted molar refractivity (Wildman–Crippen MR) is 153 cm³/mol. The molecular weight excluding hydrogens is 620 g/mol. The number of carbonyl (C=O) groups is 1. The molecular formula is C28H28F3IN6O. The average molecular weight is 648 g/mol. The molecule has 39 heavy (non-hydrogen) atoms. The van der Waals surface area contributed by atoms with Crippen molar-refractivity contribution in [1.82, 2.24) is 19.8 Å². The number of nitrogens with two attached hydrogens (primary N) is 1. The van der Waals surface area contributed by atoms with Gasteiger partial charge in [0, 0.05) is 59.0 Å². The van der Waals surface area contributed by atoms with Crippen molar-refractivity contribution >= 4 is 40.1 Å². The van der Waals surface area contributed by atoms with Crippen molar-refractivity contribution in [3.8, 4) is 11.8 Å². The van der Waals surface area contributed by atoms with Gasteiger partial charge in [0.1, 0.15) is 0 Å². The van der Waals surface area contributed by atoms with E-state index >= 15 is 0 Å². The first-order chi connectivity index (χ1) is 18.6. The molecule has 3 aromatic rings. The Morgan fingerprint density at radius 1 is 1.08 bits per heavy atom. The zero-order chi connectivity index (χ0) is 28.0. The summed E-state index contributed by atoms with van der Waals surface area (Å²) in [5, 5.41) is 2.64. The van der Waals surface area contributed by atoms with E-state index < -0.39 is 17.6 Å². The second-order valence-electron chi connectivity index (χ2n) is 9.39. The second-order valence-corrected chi connectivity index (χ2v) is 10.6. The molecule has 1 amide bonds. The Balaban J connectivity index is 1.48. The number of aryl methyl sites for hydroxylation is 1. The zero-order valence-electron chi connectivity index (χ0n) is 21.4. The van der Waals surface area contributed by atoms with Crippen molar-refractivity contribution in [2.75, 3.05) is 50.8 Å². The maximum Gasteiger partial charge on any atom is 0.416 e. The fraction of sp³-hybridized carbons (Fsp3) is 0.321. The second kappa shape index (κ2) is 12.8. The number of amides is 1. The van der Waals surface area contributed by atoms with Crippen LogP contribution in [0, 0.1) is 15.4 Å². The van der Waals surface area contributed by atoms with Gasteiger partial charge in [0.25, 0.3) is 5.91 Å². The number of hydrogen-bond donors (Lipinski definition) is 2. The topological polar surface area (TPSA) is 87.4 Å². The van der Waals surface area contributed by atoms with Crippen LogP contribution in [0.3, 0.4) is 0 Å². The van der Waals surface area contributed by atoms with E-state index in [1.54, 1.807) is 24.3 Å². The van der Waals surface area contributed by atoms with E-state index in [9.17, 15) is 18.0 Å². The first-order valence-electron chi connectivity index (χ1n) is 12.4. The van der Waals surface area contributed by atoms with Gasteiger partial charge in [0.15, 0.2) is 0 Å². The van der Waals surface area contributed by atoms with E-state index in [0.29, 0.717) is 23.1 Å². The van der Waals surface area contributed by atoms with Gasteiger partial charge in [-0.3, -0.25) is 4.79 Å². The Hall–Kier alpha value is -3.21. The van der Waals surface area contributed by atoms with Crippen molar-refractivity contribution in [2.24, 2.45) is 0 Å². The van der Waals surface area contributed by atoms with Crippen LogP contribution < -0.4 is 11.1 Å². The summed E-state index contributed by atoms with van der Waals surface area (Å²) in [4.78, 5) is 25.4. The number of nitrogen functional groups attached to an aromatic ring is 1. The third kappa shape index (κ3) is 8.39. The molecule has 1 aromatic heterocycles. The lowest BCUT2D eigenvalue weighted by Crippen LogP contribution is -2.44. The number of nitrogens with one attached hydrogen (secondary N) is 1. The smallest absolute Gasteiger partial charge is 0.368 e. The third-order valence-corrected chi connectivity index (χ3v) is 7.30. The number of benzene rings is 2. The number of hydrogen-bond acceptors (Lipinski definition) is 6. The summed E-state index contributed by atoms with van der Waals surface area (Å²) in [6.45, 7) is 4.70. The molecule has 2 heterocycles. The molecule has 1 aliphatic heterocycles. The molecule has 0 atom stereocenters. The Bertz CT molecular complexity index is 1380. The standard InChI is InChI=1S/C28H28F3IN6O/c1-37-9-11-38(12-10-37)8-2-3-19-13-23(28(29,30)31)16-24(14-19)36-26(39)22-6-7-25(32)21(15-22)5-4-20-17-34-27(33)35-18-20/h6-7,13-18H,2-3,8-12H2,1H3,(H,36,39)(H2,33,34,35). The average Bonchev–Trinajstić information content (AvgIpc) is 2.89. The van der Waals surface area contributed by atoms with Crippen LogP contribution in [0.25, 0.3) is 0 Å². The molecule has 0 radical (unpaired) electrons. The molecule has 4 rings (SSSR count). The van der Waals surface area contributed by atoms with Crippen molar-refractivity contribution < 1.29 is 18.0 Å². The van der Waals surface area contributed by atoms with E-state index in [1.165, 1.54) is 18.5 Å². The normalized spacial score (nSPS) is 14.5. The van der Waals surface area contributed by atoms with E-state index in [4.69, 9.17) is 5.73 Å². The van der Waals surface area contributed by atoms with Crippen LogP contribution in [0.4, 0.5) is 24.8 Å². The highest BCUT2D eigenvalue weighted by atomic mass is 127. The van der Waals surface area contributed by atoms with Crippen molar-refractivity contribution in [3.05, 3.63) is 80.2 Å². The molecule has 3 N–H and O–H groups in total. The van der Waals surface area contributed by atoms with Crippen molar-refractivity contribution in [3.63, 3.8) is 0 Å². The van der Waals surface area contributed by atoms with Crippen molar-refractivity contribution in [2.45, 2.75) is 19.0 Å². The zero-order valence-corrected chi connectivity index (χ0v) is 23.5. The number of aromatic nitrogens is 2. The Morgan fingerprint density at radius 2 is 1.79 bits per heavy atom. The van der Waals surface area contributed by atoms with Crippen LogP contribution in [0.1, 0.15) is 39.0 Å². The molecule has 2 aromatic carbocycles. The van der Waals surface area contributed by atoms with Gasteiger partial charge in [0.2, 0.25) is 5.95 Å². The lowest BCUT2D eigenvalue weighted by molar-refractivity contribution is -0.137. The minimum atomic E-state index is -4.52. The maximum absolute atomic E-state index is 13.6. The van der Waals surface area contributed by atoms with Crippen molar-refractivity contribution in [1.29, 1.82) is 0 Å². The molecule has 1 saturated heterocycles. The number of carbonyl (C=O) groups excluding carboxylic acids is 1. The van der Waals surface area contributed by atoms with Gasteiger partial charge in [-0.2, -0.15) is 13.2 Å². The number of piperazine rings is 1. The van der Waals surface area contributed by atoms with Gasteiger partial charge in [-0.05, 0) is 91.0 Å². The fourth-order valence-corrected chi connectivity index (χ4v) is 4.63.